The van der Waals surface area contributed by atoms with Crippen LogP contribution in [0.4, 0.5) is 28.4 Å². The van der Waals surface area contributed by atoms with Crippen LogP contribution in [0.5, 0.6) is 11.5 Å². The average Bonchev–Trinajstić information content (AvgIpc) is 2.55. The Bertz CT molecular complexity index is 783. The fourth-order valence-corrected chi connectivity index (χ4v) is 2.37. The van der Waals surface area contributed by atoms with Gasteiger partial charge in [-0.15, -0.1) is 0 Å². The fourth-order valence-electron chi connectivity index (χ4n) is 2.37. The van der Waals surface area contributed by atoms with E-state index in [1.807, 2.05) is 35.2 Å². The molecule has 0 amide bonds. The number of hydrogen-bond acceptors (Lipinski definition) is 5. The van der Waals surface area contributed by atoms with Gasteiger partial charge in [-0.05, 0) is 36.4 Å². The molecule has 0 bridgehead atoms. The van der Waals surface area contributed by atoms with Gasteiger partial charge in [-0.1, -0.05) is 18.2 Å². The van der Waals surface area contributed by atoms with Crippen LogP contribution in [0.3, 0.4) is 0 Å². The van der Waals surface area contributed by atoms with Gasteiger partial charge >= 0.3 is 0 Å². The standard InChI is InChI=1S/C18H17N3O2/c19-15-8-6-13(10-17(15)22)21(12-4-2-1-3-5-12)14-7-9-16(20)18(23)11-14/h1-11,22-23H,19-20H2. The molecule has 0 saturated heterocycles. The lowest BCUT2D eigenvalue weighted by Gasteiger charge is -2.26. The number of phenolic OH excluding ortho intramolecular Hbond substituents is 2. The number of anilines is 5. The number of hydrogen-bond donors (Lipinski definition) is 4. The summed E-state index contributed by atoms with van der Waals surface area (Å²) < 4.78 is 0. The number of benzene rings is 3. The molecule has 23 heavy (non-hydrogen) atoms. The second-order valence-corrected chi connectivity index (χ2v) is 5.16. The Kier molecular flexibility index (Phi) is 3.68. The first kappa shape index (κ1) is 14.6. The topological polar surface area (TPSA) is 95.7 Å². The molecule has 3 aromatic rings. The summed E-state index contributed by atoms with van der Waals surface area (Å²) in [4.78, 5) is 1.89. The number of para-hydroxylation sites is 1. The summed E-state index contributed by atoms with van der Waals surface area (Å²) in [6, 6.07) is 19.6. The van der Waals surface area contributed by atoms with Gasteiger partial charge in [-0.25, -0.2) is 0 Å². The lowest BCUT2D eigenvalue weighted by molar-refractivity contribution is 0.478. The molecule has 0 saturated carbocycles. The van der Waals surface area contributed by atoms with Gasteiger partial charge in [0.1, 0.15) is 11.5 Å². The molecule has 6 N–H and O–H groups in total. The lowest BCUT2D eigenvalue weighted by atomic mass is 10.1. The van der Waals surface area contributed by atoms with Crippen molar-refractivity contribution in [2.24, 2.45) is 0 Å². The fraction of sp³-hybridized carbons (Fsp3) is 0. The zero-order chi connectivity index (χ0) is 16.4. The van der Waals surface area contributed by atoms with Crippen molar-refractivity contribution in [2.45, 2.75) is 0 Å². The molecule has 0 unspecified atom stereocenters. The molecule has 0 aliphatic rings. The average molecular weight is 307 g/mol. The Balaban J connectivity index is 2.17. The highest BCUT2D eigenvalue weighted by atomic mass is 16.3. The van der Waals surface area contributed by atoms with Crippen molar-refractivity contribution in [1.82, 2.24) is 0 Å². The molecule has 5 nitrogen and oxygen atoms in total. The van der Waals surface area contributed by atoms with E-state index in [4.69, 9.17) is 11.5 Å². The van der Waals surface area contributed by atoms with Gasteiger partial charge in [-0.2, -0.15) is 0 Å². The van der Waals surface area contributed by atoms with Crippen LogP contribution in [-0.2, 0) is 0 Å². The zero-order valence-corrected chi connectivity index (χ0v) is 12.3. The first-order valence-electron chi connectivity index (χ1n) is 7.08. The van der Waals surface area contributed by atoms with Crippen LogP contribution in [0, 0.1) is 0 Å². The van der Waals surface area contributed by atoms with Crippen molar-refractivity contribution in [3.8, 4) is 11.5 Å². The van der Waals surface area contributed by atoms with Crippen LogP contribution >= 0.6 is 0 Å². The Morgan fingerprint density at radius 1 is 0.609 bits per heavy atom. The van der Waals surface area contributed by atoms with Gasteiger partial charge in [-0.3, -0.25) is 0 Å². The summed E-state index contributed by atoms with van der Waals surface area (Å²) in [6.07, 6.45) is 0. The first-order chi connectivity index (χ1) is 11.1. The monoisotopic (exact) mass is 307 g/mol. The SMILES string of the molecule is Nc1ccc(N(c2ccccc2)c2ccc(N)c(O)c2)cc1O. The van der Waals surface area contributed by atoms with Gasteiger partial charge in [0, 0.05) is 29.2 Å². The van der Waals surface area contributed by atoms with Crippen LogP contribution in [0.25, 0.3) is 0 Å². The van der Waals surface area contributed by atoms with Gasteiger partial charge in [0.05, 0.1) is 11.4 Å². The maximum Gasteiger partial charge on any atom is 0.140 e. The van der Waals surface area contributed by atoms with E-state index in [2.05, 4.69) is 0 Å². The number of nitrogens with zero attached hydrogens (tertiary/aromatic N) is 1. The Morgan fingerprint density at radius 2 is 1.09 bits per heavy atom. The van der Waals surface area contributed by atoms with Crippen LogP contribution in [0.15, 0.2) is 66.7 Å². The summed E-state index contributed by atoms with van der Waals surface area (Å²) >= 11 is 0. The van der Waals surface area contributed by atoms with Crippen molar-refractivity contribution < 1.29 is 10.2 Å². The third-order valence-corrected chi connectivity index (χ3v) is 3.56. The maximum atomic E-state index is 9.92. The van der Waals surface area contributed by atoms with Crippen molar-refractivity contribution in [1.29, 1.82) is 0 Å². The van der Waals surface area contributed by atoms with Gasteiger partial charge in [0.15, 0.2) is 0 Å². The minimum atomic E-state index is 0.00287. The Hall–Kier alpha value is -3.34. The van der Waals surface area contributed by atoms with Crippen molar-refractivity contribution in [3.63, 3.8) is 0 Å². The molecule has 0 spiro atoms. The number of phenols is 2. The molecule has 3 rings (SSSR count). The normalized spacial score (nSPS) is 10.4. The predicted molar refractivity (Wildman–Crippen MR) is 93.3 cm³/mol. The summed E-state index contributed by atoms with van der Waals surface area (Å²) in [5.74, 6) is 0.00574. The number of nitrogens with two attached hydrogens (primary N) is 2. The van der Waals surface area contributed by atoms with E-state index in [0.717, 1.165) is 5.69 Å². The minimum Gasteiger partial charge on any atom is -0.506 e. The highest BCUT2D eigenvalue weighted by Gasteiger charge is 2.14. The van der Waals surface area contributed by atoms with E-state index < -0.39 is 0 Å². The molecule has 116 valence electrons. The summed E-state index contributed by atoms with van der Waals surface area (Å²) in [6.45, 7) is 0. The summed E-state index contributed by atoms with van der Waals surface area (Å²) in [5.41, 5.74) is 14.3. The maximum absolute atomic E-state index is 9.92. The Labute approximate surface area is 134 Å². The highest BCUT2D eigenvalue weighted by Crippen LogP contribution is 2.39. The molecule has 0 aliphatic heterocycles. The molecular weight excluding hydrogens is 290 g/mol. The van der Waals surface area contributed by atoms with Gasteiger partial charge in [0.25, 0.3) is 0 Å². The van der Waals surface area contributed by atoms with Crippen LogP contribution < -0.4 is 16.4 Å². The summed E-state index contributed by atoms with van der Waals surface area (Å²) in [7, 11) is 0. The number of nitrogen functional groups attached to an aromatic ring is 2. The predicted octanol–water partition coefficient (Wildman–Crippen LogP) is 3.73. The van der Waals surface area contributed by atoms with Crippen LogP contribution in [0.2, 0.25) is 0 Å². The minimum absolute atomic E-state index is 0.00287. The molecule has 0 atom stereocenters. The van der Waals surface area contributed by atoms with Crippen molar-refractivity contribution in [2.75, 3.05) is 16.4 Å². The molecule has 0 heterocycles. The third kappa shape index (κ3) is 2.85. The smallest absolute Gasteiger partial charge is 0.140 e. The third-order valence-electron chi connectivity index (χ3n) is 3.56. The first-order valence-corrected chi connectivity index (χ1v) is 7.08. The largest absolute Gasteiger partial charge is 0.506 e. The number of rotatable bonds is 3. The molecule has 0 radical (unpaired) electrons. The van der Waals surface area contributed by atoms with E-state index in [9.17, 15) is 10.2 Å². The van der Waals surface area contributed by atoms with Crippen molar-refractivity contribution in [3.05, 3.63) is 66.7 Å². The summed E-state index contributed by atoms with van der Waals surface area (Å²) in [5, 5.41) is 19.8. The zero-order valence-electron chi connectivity index (χ0n) is 12.3. The second-order valence-electron chi connectivity index (χ2n) is 5.16. The van der Waals surface area contributed by atoms with Crippen LogP contribution in [0.1, 0.15) is 0 Å². The highest BCUT2D eigenvalue weighted by molar-refractivity contribution is 5.80. The van der Waals surface area contributed by atoms with Gasteiger partial charge < -0.3 is 26.6 Å². The van der Waals surface area contributed by atoms with Crippen LogP contribution in [-0.4, -0.2) is 10.2 Å². The van der Waals surface area contributed by atoms with E-state index in [1.54, 1.807) is 36.4 Å². The van der Waals surface area contributed by atoms with E-state index in [1.165, 1.54) is 0 Å². The van der Waals surface area contributed by atoms with E-state index in [-0.39, 0.29) is 11.5 Å². The second kappa shape index (κ2) is 5.81. The van der Waals surface area contributed by atoms with Gasteiger partial charge in [0.2, 0.25) is 0 Å². The Morgan fingerprint density at radius 3 is 1.52 bits per heavy atom. The van der Waals surface area contributed by atoms with E-state index >= 15 is 0 Å². The molecule has 0 aliphatic carbocycles. The molecule has 3 aromatic carbocycles. The number of aromatic hydroxyl groups is 2. The lowest BCUT2D eigenvalue weighted by Crippen LogP contribution is -2.10. The van der Waals surface area contributed by atoms with Crippen molar-refractivity contribution >= 4 is 28.4 Å². The molecular formula is C18H17N3O2. The quantitative estimate of drug-likeness (QED) is 0.437. The molecule has 0 fully saturated rings. The molecule has 0 aromatic heterocycles. The van der Waals surface area contributed by atoms with E-state index in [0.29, 0.717) is 22.7 Å². The molecule has 5 heteroatoms.